The smallest absolute Gasteiger partial charge is 0.0694 e. The third kappa shape index (κ3) is 5.16. The Labute approximate surface area is 349 Å². The molecule has 3 aliphatic rings. The van der Waals surface area contributed by atoms with Gasteiger partial charge >= 0.3 is 0 Å². The molecule has 59 heavy (non-hydrogen) atoms. The summed E-state index contributed by atoms with van der Waals surface area (Å²) in [6, 6.07) is 69.5. The average Bonchev–Trinajstić information content (AvgIpc) is 3.94. The van der Waals surface area contributed by atoms with Gasteiger partial charge in [-0.25, -0.2) is 0 Å². The number of hydrogen-bond acceptors (Lipinski definition) is 2. The SMILES string of the molecule is C1=CC2=C(CC1)C1(c3ccccc3-c3cccc(C=CN(c4ccc(-c5ccccc5)cc4)c4ccc5sc6ccccc6c5c4)c31)c1cccc(-c3ccccc3)c12. The predicted octanol–water partition coefficient (Wildman–Crippen LogP) is 15.6. The summed E-state index contributed by atoms with van der Waals surface area (Å²) in [5.74, 6) is 0. The normalized spacial score (nSPS) is 16.2. The number of benzene rings is 8. The summed E-state index contributed by atoms with van der Waals surface area (Å²) in [6.07, 6.45) is 11.6. The quantitative estimate of drug-likeness (QED) is 0.163. The van der Waals surface area contributed by atoms with Crippen LogP contribution in [0.5, 0.6) is 0 Å². The largest absolute Gasteiger partial charge is 0.317 e. The van der Waals surface area contributed by atoms with Crippen molar-refractivity contribution in [1.29, 1.82) is 0 Å². The second-order valence-electron chi connectivity index (χ2n) is 15.9. The number of hydrogen-bond donors (Lipinski definition) is 0. The van der Waals surface area contributed by atoms with Crippen molar-refractivity contribution in [3.63, 3.8) is 0 Å². The van der Waals surface area contributed by atoms with Gasteiger partial charge in [-0.15, -0.1) is 11.3 Å². The molecule has 0 fully saturated rings. The van der Waals surface area contributed by atoms with Gasteiger partial charge in [0.2, 0.25) is 0 Å². The van der Waals surface area contributed by atoms with Crippen LogP contribution in [0.1, 0.15) is 40.7 Å². The number of rotatable bonds is 6. The van der Waals surface area contributed by atoms with Crippen molar-refractivity contribution < 1.29 is 0 Å². The summed E-state index contributed by atoms with van der Waals surface area (Å²) in [7, 11) is 0. The molecule has 0 N–H and O–H groups in total. The Bertz CT molecular complexity index is 3200. The Kier molecular flexibility index (Phi) is 7.83. The molecule has 0 bridgehead atoms. The molecule has 12 rings (SSSR count). The van der Waals surface area contributed by atoms with E-state index in [0.717, 1.165) is 24.2 Å². The maximum absolute atomic E-state index is 2.42. The minimum atomic E-state index is -0.399. The summed E-state index contributed by atoms with van der Waals surface area (Å²) >= 11 is 1.86. The van der Waals surface area contributed by atoms with E-state index in [1.807, 2.05) is 11.3 Å². The first-order valence-corrected chi connectivity index (χ1v) is 21.5. The Morgan fingerprint density at radius 3 is 2.03 bits per heavy atom. The van der Waals surface area contributed by atoms with E-state index in [9.17, 15) is 0 Å². The van der Waals surface area contributed by atoms with Crippen LogP contribution in [0.15, 0.2) is 212 Å². The molecule has 1 heterocycles. The average molecular weight is 770 g/mol. The molecule has 0 radical (unpaired) electrons. The number of thiophene rings is 1. The third-order valence-electron chi connectivity index (χ3n) is 12.8. The molecule has 1 aromatic heterocycles. The summed E-state index contributed by atoms with van der Waals surface area (Å²) in [5.41, 5.74) is 19.2. The fourth-order valence-corrected chi connectivity index (χ4v) is 11.5. The molecule has 9 aromatic rings. The third-order valence-corrected chi connectivity index (χ3v) is 14.0. The first-order valence-electron chi connectivity index (χ1n) is 20.6. The molecule has 8 aromatic carbocycles. The number of nitrogens with zero attached hydrogens (tertiary/aromatic N) is 1. The summed E-state index contributed by atoms with van der Waals surface area (Å²) in [5, 5.41) is 2.60. The fourth-order valence-electron chi connectivity index (χ4n) is 10.4. The predicted molar refractivity (Wildman–Crippen MR) is 251 cm³/mol. The Balaban J connectivity index is 1.07. The van der Waals surface area contributed by atoms with Crippen molar-refractivity contribution >= 4 is 54.5 Å². The highest BCUT2D eigenvalue weighted by molar-refractivity contribution is 7.25. The van der Waals surface area contributed by atoms with Crippen LogP contribution in [0, 0.1) is 0 Å². The molecule has 2 heteroatoms. The van der Waals surface area contributed by atoms with Crippen LogP contribution in [0.4, 0.5) is 11.4 Å². The van der Waals surface area contributed by atoms with E-state index in [1.165, 1.54) is 92.5 Å². The topological polar surface area (TPSA) is 3.24 Å². The van der Waals surface area contributed by atoms with Gasteiger partial charge in [0.15, 0.2) is 0 Å². The maximum Gasteiger partial charge on any atom is 0.0694 e. The molecule has 1 atom stereocenters. The van der Waals surface area contributed by atoms with E-state index >= 15 is 0 Å². The first-order chi connectivity index (χ1) is 29.3. The van der Waals surface area contributed by atoms with Crippen LogP contribution in [0.3, 0.4) is 0 Å². The minimum absolute atomic E-state index is 0.399. The van der Waals surface area contributed by atoms with E-state index in [-0.39, 0.29) is 0 Å². The number of fused-ring (bicyclic) bond motifs is 12. The van der Waals surface area contributed by atoms with E-state index in [0.29, 0.717) is 0 Å². The van der Waals surface area contributed by atoms with E-state index in [4.69, 9.17) is 0 Å². The molecule has 1 nitrogen and oxygen atoms in total. The second-order valence-corrected chi connectivity index (χ2v) is 17.0. The Hall–Kier alpha value is -7.00. The lowest BCUT2D eigenvalue weighted by Crippen LogP contribution is -2.28. The first kappa shape index (κ1) is 34.1. The van der Waals surface area contributed by atoms with Crippen molar-refractivity contribution in [2.24, 2.45) is 0 Å². The van der Waals surface area contributed by atoms with Gasteiger partial charge in [0.05, 0.1) is 5.41 Å². The highest BCUT2D eigenvalue weighted by atomic mass is 32.1. The van der Waals surface area contributed by atoms with Crippen molar-refractivity contribution in [2.75, 3.05) is 4.90 Å². The van der Waals surface area contributed by atoms with Crippen LogP contribution in [-0.4, -0.2) is 0 Å². The van der Waals surface area contributed by atoms with Gasteiger partial charge in [0, 0.05) is 37.7 Å². The Morgan fingerprint density at radius 2 is 1.17 bits per heavy atom. The zero-order valence-electron chi connectivity index (χ0n) is 32.5. The highest BCUT2D eigenvalue weighted by Crippen LogP contribution is 2.65. The molecule has 1 spiro atoms. The lowest BCUT2D eigenvalue weighted by atomic mass is 9.67. The molecule has 3 aliphatic carbocycles. The van der Waals surface area contributed by atoms with Gasteiger partial charge in [-0.3, -0.25) is 0 Å². The van der Waals surface area contributed by atoms with Crippen LogP contribution >= 0.6 is 11.3 Å². The lowest BCUT2D eigenvalue weighted by Gasteiger charge is -2.34. The van der Waals surface area contributed by atoms with E-state index < -0.39 is 5.41 Å². The monoisotopic (exact) mass is 769 g/mol. The zero-order valence-corrected chi connectivity index (χ0v) is 33.3. The number of anilines is 2. The molecule has 0 aliphatic heterocycles. The summed E-state index contributed by atoms with van der Waals surface area (Å²) < 4.78 is 2.62. The van der Waals surface area contributed by atoms with Crippen LogP contribution in [0.25, 0.3) is 65.2 Å². The van der Waals surface area contributed by atoms with E-state index in [1.54, 1.807) is 0 Å². The Morgan fingerprint density at radius 1 is 0.508 bits per heavy atom. The lowest BCUT2D eigenvalue weighted by molar-refractivity contribution is 0.713. The van der Waals surface area contributed by atoms with Crippen molar-refractivity contribution in [3.05, 3.63) is 240 Å². The number of allylic oxidation sites excluding steroid dienone is 4. The fraction of sp³-hybridized carbons (Fsp3) is 0.0526. The van der Waals surface area contributed by atoms with E-state index in [2.05, 4.69) is 217 Å². The molecule has 278 valence electrons. The molecular formula is C57H39NS. The second kappa shape index (κ2) is 13.6. The van der Waals surface area contributed by atoms with Crippen LogP contribution < -0.4 is 4.90 Å². The molecule has 0 saturated carbocycles. The van der Waals surface area contributed by atoms with Gasteiger partial charge in [-0.1, -0.05) is 164 Å². The standard InChI is InChI=1S/C57H39NS/c1-3-15-38(16-4-1)39-29-31-42(32-30-39)58(43-33-34-54-49(37-43)46-21-9-12-28-53(46)59-54)36-35-41-19-13-24-47-45-20-7-10-25-50(45)57(56(41)47)51-26-11-8-22-48(51)55-44(23-14-27-52(55)57)40-17-5-2-6-18-40/h1-10,12-25,27-37H,11,26H2. The van der Waals surface area contributed by atoms with Crippen molar-refractivity contribution in [1.82, 2.24) is 0 Å². The van der Waals surface area contributed by atoms with Crippen molar-refractivity contribution in [3.8, 4) is 33.4 Å². The summed E-state index contributed by atoms with van der Waals surface area (Å²) in [4.78, 5) is 2.37. The van der Waals surface area contributed by atoms with Crippen molar-refractivity contribution in [2.45, 2.75) is 18.3 Å². The molecule has 0 saturated heterocycles. The molecule has 1 unspecified atom stereocenters. The minimum Gasteiger partial charge on any atom is -0.317 e. The van der Waals surface area contributed by atoms with Crippen LogP contribution in [0.2, 0.25) is 0 Å². The highest BCUT2D eigenvalue weighted by Gasteiger charge is 2.53. The van der Waals surface area contributed by atoms with Gasteiger partial charge in [-0.05, 0) is 128 Å². The zero-order chi connectivity index (χ0) is 38.9. The van der Waals surface area contributed by atoms with Gasteiger partial charge in [0.1, 0.15) is 0 Å². The molecular weight excluding hydrogens is 731 g/mol. The van der Waals surface area contributed by atoms with Gasteiger partial charge in [0.25, 0.3) is 0 Å². The maximum atomic E-state index is 2.42. The van der Waals surface area contributed by atoms with Gasteiger partial charge in [-0.2, -0.15) is 0 Å². The molecule has 0 amide bonds. The summed E-state index contributed by atoms with van der Waals surface area (Å²) in [6.45, 7) is 0. The van der Waals surface area contributed by atoms with Gasteiger partial charge < -0.3 is 4.90 Å². The van der Waals surface area contributed by atoms with Crippen LogP contribution in [-0.2, 0) is 5.41 Å².